The molecule has 0 spiro atoms. The van der Waals surface area contributed by atoms with Gasteiger partial charge in [0.25, 0.3) is 5.91 Å². The third-order valence-corrected chi connectivity index (χ3v) is 5.72. The summed E-state index contributed by atoms with van der Waals surface area (Å²) in [5.74, 6) is 1.28. The summed E-state index contributed by atoms with van der Waals surface area (Å²) in [4.78, 5) is 27.8. The second kappa shape index (κ2) is 7.87. The fraction of sp³-hybridized carbons (Fsp3) is 0.368. The van der Waals surface area contributed by atoms with Crippen LogP contribution in [0.2, 0.25) is 0 Å². The van der Waals surface area contributed by atoms with Crippen LogP contribution in [0.3, 0.4) is 0 Å². The third-order valence-electron chi connectivity index (χ3n) is 4.86. The largest absolute Gasteiger partial charge is 0.365 e. The van der Waals surface area contributed by atoms with E-state index >= 15 is 0 Å². The Morgan fingerprint density at radius 3 is 2.96 bits per heavy atom. The summed E-state index contributed by atoms with van der Waals surface area (Å²) < 4.78 is 2.18. The Morgan fingerprint density at radius 1 is 1.33 bits per heavy atom. The number of likely N-dealkylation sites (tertiary alicyclic amines) is 1. The number of nitrogens with zero attached hydrogens (tertiary/aromatic N) is 5. The monoisotopic (exact) mass is 382 g/mol. The number of amides is 1. The van der Waals surface area contributed by atoms with Crippen molar-refractivity contribution in [2.75, 3.05) is 25.5 Å². The molecule has 3 aromatic heterocycles. The van der Waals surface area contributed by atoms with E-state index in [1.807, 2.05) is 41.9 Å². The summed E-state index contributed by atoms with van der Waals surface area (Å²) in [6.45, 7) is 2.21. The number of carbonyl (C=O) groups is 1. The lowest BCUT2D eigenvalue weighted by molar-refractivity contribution is 0.0698. The Labute approximate surface area is 162 Å². The summed E-state index contributed by atoms with van der Waals surface area (Å²) >= 11 is 1.45. The second-order valence-corrected chi connectivity index (χ2v) is 7.51. The predicted octanol–water partition coefficient (Wildman–Crippen LogP) is 2.84. The Kier molecular flexibility index (Phi) is 5.15. The molecule has 1 N–H and O–H groups in total. The van der Waals surface area contributed by atoms with Gasteiger partial charge in [-0.1, -0.05) is 0 Å². The molecule has 4 heterocycles. The first-order valence-electron chi connectivity index (χ1n) is 9.07. The number of aromatic nitrogens is 4. The molecular formula is C19H22N6OS. The van der Waals surface area contributed by atoms with Crippen LogP contribution in [0, 0.1) is 0 Å². The van der Waals surface area contributed by atoms with Gasteiger partial charge < -0.3 is 14.8 Å². The summed E-state index contributed by atoms with van der Waals surface area (Å²) in [6.07, 6.45) is 9.48. The molecule has 3 aromatic rings. The van der Waals surface area contributed by atoms with Crippen molar-refractivity contribution in [1.29, 1.82) is 0 Å². The van der Waals surface area contributed by atoms with Crippen LogP contribution >= 0.6 is 11.3 Å². The summed E-state index contributed by atoms with van der Waals surface area (Å²) in [5, 5.41) is 5.57. The molecule has 0 saturated carbocycles. The van der Waals surface area contributed by atoms with Crippen molar-refractivity contribution in [1.82, 2.24) is 24.4 Å². The van der Waals surface area contributed by atoms with Crippen molar-refractivity contribution < 1.29 is 4.79 Å². The van der Waals surface area contributed by atoms with Gasteiger partial charge in [-0.2, -0.15) is 0 Å². The van der Waals surface area contributed by atoms with Crippen molar-refractivity contribution in [3.63, 3.8) is 0 Å². The quantitative estimate of drug-likeness (QED) is 0.734. The van der Waals surface area contributed by atoms with Crippen LogP contribution in [-0.4, -0.2) is 50.5 Å². The van der Waals surface area contributed by atoms with Gasteiger partial charge in [-0.3, -0.25) is 9.78 Å². The van der Waals surface area contributed by atoms with Crippen LogP contribution in [0.4, 0.5) is 5.13 Å². The minimum atomic E-state index is 0.00434. The van der Waals surface area contributed by atoms with Crippen LogP contribution in [0.15, 0.2) is 42.3 Å². The average Bonchev–Trinajstić information content (AvgIpc) is 3.38. The Morgan fingerprint density at radius 2 is 2.19 bits per heavy atom. The molecule has 0 bridgehead atoms. The van der Waals surface area contributed by atoms with Crippen LogP contribution in [-0.2, 0) is 6.54 Å². The molecule has 1 atom stereocenters. The molecule has 8 heteroatoms. The van der Waals surface area contributed by atoms with Gasteiger partial charge in [0.05, 0.1) is 0 Å². The molecule has 1 aliphatic heterocycles. The molecule has 1 fully saturated rings. The topological polar surface area (TPSA) is 75.9 Å². The first kappa shape index (κ1) is 17.7. The van der Waals surface area contributed by atoms with E-state index in [4.69, 9.17) is 0 Å². The van der Waals surface area contributed by atoms with Crippen molar-refractivity contribution in [2.45, 2.75) is 25.3 Å². The van der Waals surface area contributed by atoms with Gasteiger partial charge in [0, 0.05) is 62.8 Å². The molecule has 0 radical (unpaired) electrons. The molecule has 4 rings (SSSR count). The highest BCUT2D eigenvalue weighted by atomic mass is 32.1. The van der Waals surface area contributed by atoms with Gasteiger partial charge in [-0.25, -0.2) is 9.97 Å². The van der Waals surface area contributed by atoms with Crippen LogP contribution in [0.25, 0.3) is 0 Å². The number of rotatable bonds is 5. The van der Waals surface area contributed by atoms with E-state index in [2.05, 4.69) is 24.8 Å². The number of anilines is 1. The number of hydrogen-bond donors (Lipinski definition) is 1. The number of piperidine rings is 1. The lowest BCUT2D eigenvalue weighted by Gasteiger charge is -2.32. The highest BCUT2D eigenvalue weighted by Crippen LogP contribution is 2.28. The fourth-order valence-electron chi connectivity index (χ4n) is 3.52. The first-order chi connectivity index (χ1) is 13.2. The summed E-state index contributed by atoms with van der Waals surface area (Å²) in [7, 11) is 1.81. The van der Waals surface area contributed by atoms with Crippen LogP contribution in [0.1, 0.15) is 40.6 Å². The lowest BCUT2D eigenvalue weighted by Crippen LogP contribution is -2.40. The van der Waals surface area contributed by atoms with Gasteiger partial charge in [-0.05, 0) is 30.5 Å². The van der Waals surface area contributed by atoms with E-state index in [0.717, 1.165) is 36.9 Å². The van der Waals surface area contributed by atoms with Crippen LogP contribution in [0.5, 0.6) is 0 Å². The van der Waals surface area contributed by atoms with E-state index in [1.54, 1.807) is 12.4 Å². The molecule has 0 aliphatic carbocycles. The lowest BCUT2D eigenvalue weighted by atomic mass is 9.96. The van der Waals surface area contributed by atoms with Crippen molar-refractivity contribution in [2.24, 2.45) is 0 Å². The number of imidazole rings is 1. The highest BCUT2D eigenvalue weighted by molar-refractivity contribution is 7.13. The molecule has 7 nitrogen and oxygen atoms in total. The Bertz CT molecular complexity index is 906. The standard InChI is InChI=1S/C19H22N6OS/c1-20-19-23-16(13-27-19)18(26)25-9-2-3-15(12-25)17-22-8-10-24(17)11-14-4-6-21-7-5-14/h4-8,10,13,15H,2-3,9,11-12H2,1H3,(H,20,23)/t15-/m0/s1. The SMILES string of the molecule is CNc1nc(C(=O)N2CCC[C@H](c3nccn3Cc3ccncc3)C2)cs1. The number of hydrogen-bond acceptors (Lipinski definition) is 6. The third kappa shape index (κ3) is 3.85. The molecule has 27 heavy (non-hydrogen) atoms. The smallest absolute Gasteiger partial charge is 0.273 e. The van der Waals surface area contributed by atoms with E-state index < -0.39 is 0 Å². The highest BCUT2D eigenvalue weighted by Gasteiger charge is 2.29. The number of nitrogens with one attached hydrogen (secondary N) is 1. The van der Waals surface area contributed by atoms with Gasteiger partial charge in [0.15, 0.2) is 5.13 Å². The number of pyridine rings is 1. The van der Waals surface area contributed by atoms with E-state index in [-0.39, 0.29) is 11.8 Å². The zero-order chi connectivity index (χ0) is 18.6. The molecule has 1 saturated heterocycles. The van der Waals surface area contributed by atoms with Crippen molar-refractivity contribution in [3.8, 4) is 0 Å². The molecule has 1 aliphatic rings. The fourth-order valence-corrected chi connectivity index (χ4v) is 4.17. The van der Waals surface area contributed by atoms with Crippen molar-refractivity contribution >= 4 is 22.4 Å². The number of thiazole rings is 1. The Hall–Kier alpha value is -2.74. The van der Waals surface area contributed by atoms with Gasteiger partial charge in [0.1, 0.15) is 11.5 Å². The van der Waals surface area contributed by atoms with Gasteiger partial charge in [0.2, 0.25) is 0 Å². The zero-order valence-electron chi connectivity index (χ0n) is 15.2. The van der Waals surface area contributed by atoms with E-state index in [1.165, 1.54) is 16.9 Å². The number of carbonyl (C=O) groups excluding carboxylic acids is 1. The second-order valence-electron chi connectivity index (χ2n) is 6.65. The first-order valence-corrected chi connectivity index (χ1v) is 9.95. The normalized spacial score (nSPS) is 17.1. The van der Waals surface area contributed by atoms with Gasteiger partial charge in [-0.15, -0.1) is 11.3 Å². The minimum absolute atomic E-state index is 0.00434. The van der Waals surface area contributed by atoms with Gasteiger partial charge >= 0.3 is 0 Å². The van der Waals surface area contributed by atoms with E-state index in [0.29, 0.717) is 12.2 Å². The van der Waals surface area contributed by atoms with E-state index in [9.17, 15) is 4.79 Å². The zero-order valence-corrected chi connectivity index (χ0v) is 16.0. The molecule has 1 amide bonds. The maximum Gasteiger partial charge on any atom is 0.273 e. The maximum absolute atomic E-state index is 12.8. The van der Waals surface area contributed by atoms with Crippen LogP contribution < -0.4 is 5.32 Å². The molecule has 140 valence electrons. The molecule has 0 aromatic carbocycles. The summed E-state index contributed by atoms with van der Waals surface area (Å²) in [5.41, 5.74) is 1.71. The predicted molar refractivity (Wildman–Crippen MR) is 105 cm³/mol. The van der Waals surface area contributed by atoms with Crippen molar-refractivity contribution in [3.05, 3.63) is 59.4 Å². The maximum atomic E-state index is 12.8. The molecule has 0 unspecified atom stereocenters. The minimum Gasteiger partial charge on any atom is -0.365 e. The molecular weight excluding hydrogens is 360 g/mol. The Balaban J connectivity index is 1.49. The average molecular weight is 382 g/mol. The summed E-state index contributed by atoms with van der Waals surface area (Å²) in [6, 6.07) is 4.03.